The van der Waals surface area contributed by atoms with Gasteiger partial charge in [0, 0.05) is 6.42 Å². The van der Waals surface area contributed by atoms with Crippen LogP contribution in [0.2, 0.25) is 0 Å². The molecule has 0 saturated carbocycles. The van der Waals surface area contributed by atoms with Crippen LogP contribution in [-0.2, 0) is 11.2 Å². The number of nitrogens with zero attached hydrogens (tertiary/aromatic N) is 1. The van der Waals surface area contributed by atoms with Crippen molar-refractivity contribution in [1.82, 2.24) is 5.43 Å². The highest BCUT2D eigenvalue weighted by atomic mass is 16.5. The molecule has 0 aliphatic heterocycles. The van der Waals surface area contributed by atoms with Gasteiger partial charge in [-0.2, -0.15) is 5.10 Å². The number of phenols is 1. The van der Waals surface area contributed by atoms with E-state index in [0.29, 0.717) is 24.3 Å². The predicted molar refractivity (Wildman–Crippen MR) is 96.3 cm³/mol. The first-order chi connectivity index (χ1) is 12.1. The van der Waals surface area contributed by atoms with Crippen LogP contribution in [0.3, 0.4) is 0 Å². The molecule has 0 aromatic heterocycles. The summed E-state index contributed by atoms with van der Waals surface area (Å²) in [5.41, 5.74) is 4.39. The number of phenolic OH excluding ortho intramolecular Hbond substituents is 1. The lowest BCUT2D eigenvalue weighted by atomic mass is 10.1. The number of rotatable bonds is 8. The molecule has 0 atom stereocenters. The van der Waals surface area contributed by atoms with E-state index in [2.05, 4.69) is 10.5 Å². The van der Waals surface area contributed by atoms with Gasteiger partial charge in [0.15, 0.2) is 11.5 Å². The average molecular weight is 342 g/mol. The van der Waals surface area contributed by atoms with Crippen molar-refractivity contribution in [3.63, 3.8) is 0 Å². The molecule has 2 aromatic carbocycles. The van der Waals surface area contributed by atoms with Gasteiger partial charge in [-0.1, -0.05) is 12.1 Å². The van der Waals surface area contributed by atoms with E-state index in [4.69, 9.17) is 9.47 Å². The minimum Gasteiger partial charge on any atom is -0.508 e. The average Bonchev–Trinajstić information content (AvgIpc) is 2.63. The number of carbonyl (C=O) groups excluding carboxylic acids is 1. The monoisotopic (exact) mass is 342 g/mol. The standard InChI is InChI=1S/C19H22N2O4/c1-24-17-11-8-15(12-18(17)25-2)13-20-21-19(23)5-3-4-14-6-9-16(22)10-7-14/h6-13,22H,3-5H2,1-2H3,(H,21,23)/b20-13+. The molecule has 6 heteroatoms. The van der Waals surface area contributed by atoms with Crippen molar-refractivity contribution in [2.45, 2.75) is 19.3 Å². The molecule has 0 aliphatic rings. The SMILES string of the molecule is COc1ccc(/C=N/NC(=O)CCCc2ccc(O)cc2)cc1OC. The maximum Gasteiger partial charge on any atom is 0.240 e. The summed E-state index contributed by atoms with van der Waals surface area (Å²) in [4.78, 5) is 11.8. The maximum atomic E-state index is 11.8. The van der Waals surface area contributed by atoms with Crippen molar-refractivity contribution in [3.05, 3.63) is 53.6 Å². The van der Waals surface area contributed by atoms with Gasteiger partial charge in [-0.15, -0.1) is 0 Å². The molecule has 0 heterocycles. The van der Waals surface area contributed by atoms with E-state index < -0.39 is 0 Å². The zero-order valence-corrected chi connectivity index (χ0v) is 14.4. The van der Waals surface area contributed by atoms with E-state index >= 15 is 0 Å². The van der Waals surface area contributed by atoms with Crippen molar-refractivity contribution in [2.24, 2.45) is 5.10 Å². The third-order valence-electron chi connectivity index (χ3n) is 3.62. The molecule has 2 rings (SSSR count). The second-order valence-electron chi connectivity index (χ2n) is 5.43. The van der Waals surface area contributed by atoms with Crippen LogP contribution in [0.1, 0.15) is 24.0 Å². The highest BCUT2D eigenvalue weighted by molar-refractivity contribution is 5.83. The molecule has 1 amide bonds. The van der Waals surface area contributed by atoms with Gasteiger partial charge in [0.05, 0.1) is 20.4 Å². The Hall–Kier alpha value is -3.02. The molecular formula is C19H22N2O4. The summed E-state index contributed by atoms with van der Waals surface area (Å²) in [6.07, 6.45) is 3.42. The smallest absolute Gasteiger partial charge is 0.240 e. The number of hydrogen-bond acceptors (Lipinski definition) is 5. The van der Waals surface area contributed by atoms with Crippen molar-refractivity contribution >= 4 is 12.1 Å². The lowest BCUT2D eigenvalue weighted by molar-refractivity contribution is -0.121. The van der Waals surface area contributed by atoms with Crippen molar-refractivity contribution in [1.29, 1.82) is 0 Å². The van der Waals surface area contributed by atoms with Crippen LogP contribution < -0.4 is 14.9 Å². The fourth-order valence-electron chi connectivity index (χ4n) is 2.28. The molecule has 0 radical (unpaired) electrons. The van der Waals surface area contributed by atoms with Gasteiger partial charge < -0.3 is 14.6 Å². The van der Waals surface area contributed by atoms with E-state index in [1.54, 1.807) is 44.7 Å². The summed E-state index contributed by atoms with van der Waals surface area (Å²) >= 11 is 0. The first-order valence-electron chi connectivity index (χ1n) is 7.94. The number of aromatic hydroxyl groups is 1. The number of ether oxygens (including phenoxy) is 2. The number of aryl methyl sites for hydroxylation is 1. The Morgan fingerprint density at radius 1 is 1.12 bits per heavy atom. The quantitative estimate of drug-likeness (QED) is 0.571. The van der Waals surface area contributed by atoms with Gasteiger partial charge in [0.2, 0.25) is 5.91 Å². The lowest BCUT2D eigenvalue weighted by Gasteiger charge is -2.07. The Bertz CT molecular complexity index is 727. The van der Waals surface area contributed by atoms with E-state index in [0.717, 1.165) is 17.5 Å². The van der Waals surface area contributed by atoms with Crippen LogP contribution in [-0.4, -0.2) is 31.4 Å². The molecule has 0 unspecified atom stereocenters. The fourth-order valence-corrected chi connectivity index (χ4v) is 2.28. The first-order valence-corrected chi connectivity index (χ1v) is 7.94. The van der Waals surface area contributed by atoms with Crippen LogP contribution in [0.15, 0.2) is 47.6 Å². The van der Waals surface area contributed by atoms with E-state index in [-0.39, 0.29) is 11.7 Å². The fraction of sp³-hybridized carbons (Fsp3) is 0.263. The van der Waals surface area contributed by atoms with E-state index in [9.17, 15) is 9.90 Å². The van der Waals surface area contributed by atoms with E-state index in [1.165, 1.54) is 0 Å². The van der Waals surface area contributed by atoms with Gasteiger partial charge in [0.1, 0.15) is 5.75 Å². The minimum absolute atomic E-state index is 0.143. The number of hydrogen-bond donors (Lipinski definition) is 2. The van der Waals surface area contributed by atoms with Crippen LogP contribution in [0.5, 0.6) is 17.2 Å². The Balaban J connectivity index is 1.77. The normalized spacial score (nSPS) is 10.6. The number of amides is 1. The molecule has 0 fully saturated rings. The first kappa shape index (κ1) is 18.3. The molecule has 0 aliphatic carbocycles. The molecule has 0 spiro atoms. The van der Waals surface area contributed by atoms with Gasteiger partial charge in [-0.05, 0) is 54.3 Å². The molecule has 0 bridgehead atoms. The van der Waals surface area contributed by atoms with Crippen LogP contribution in [0.25, 0.3) is 0 Å². The predicted octanol–water partition coefficient (Wildman–Crippen LogP) is 2.88. The number of benzene rings is 2. The highest BCUT2D eigenvalue weighted by Crippen LogP contribution is 2.26. The Morgan fingerprint density at radius 3 is 2.52 bits per heavy atom. The minimum atomic E-state index is -0.143. The Morgan fingerprint density at radius 2 is 1.84 bits per heavy atom. The molecule has 25 heavy (non-hydrogen) atoms. The summed E-state index contributed by atoms with van der Waals surface area (Å²) < 4.78 is 10.4. The number of hydrazone groups is 1. The molecular weight excluding hydrogens is 320 g/mol. The van der Waals surface area contributed by atoms with Gasteiger partial charge >= 0.3 is 0 Å². The topological polar surface area (TPSA) is 80.2 Å². The Kier molecular flexibility index (Phi) is 6.83. The van der Waals surface area contributed by atoms with Crippen LogP contribution >= 0.6 is 0 Å². The third kappa shape index (κ3) is 5.84. The van der Waals surface area contributed by atoms with Gasteiger partial charge in [0.25, 0.3) is 0 Å². The van der Waals surface area contributed by atoms with Crippen molar-refractivity contribution in [2.75, 3.05) is 14.2 Å². The van der Waals surface area contributed by atoms with Gasteiger partial charge in [-0.25, -0.2) is 5.43 Å². The van der Waals surface area contributed by atoms with E-state index in [1.807, 2.05) is 18.2 Å². The molecule has 6 nitrogen and oxygen atoms in total. The lowest BCUT2D eigenvalue weighted by Crippen LogP contribution is -2.17. The summed E-state index contributed by atoms with van der Waals surface area (Å²) in [7, 11) is 3.14. The van der Waals surface area contributed by atoms with Crippen molar-refractivity contribution in [3.8, 4) is 17.2 Å². The number of nitrogens with one attached hydrogen (secondary N) is 1. The number of carbonyl (C=O) groups is 1. The largest absolute Gasteiger partial charge is 0.508 e. The third-order valence-corrected chi connectivity index (χ3v) is 3.62. The van der Waals surface area contributed by atoms with Crippen LogP contribution in [0.4, 0.5) is 0 Å². The summed E-state index contributed by atoms with van der Waals surface area (Å²) in [6, 6.07) is 12.4. The van der Waals surface area contributed by atoms with Crippen LogP contribution in [0, 0.1) is 0 Å². The molecule has 0 saturated heterocycles. The molecule has 2 aromatic rings. The summed E-state index contributed by atoms with van der Waals surface area (Å²) in [6.45, 7) is 0. The zero-order valence-electron chi connectivity index (χ0n) is 14.4. The second kappa shape index (κ2) is 9.32. The maximum absolute atomic E-state index is 11.8. The Labute approximate surface area is 147 Å². The summed E-state index contributed by atoms with van der Waals surface area (Å²) in [5, 5.41) is 13.2. The number of methoxy groups -OCH3 is 2. The molecule has 132 valence electrons. The molecule has 2 N–H and O–H groups in total. The zero-order chi connectivity index (χ0) is 18.1. The van der Waals surface area contributed by atoms with Gasteiger partial charge in [-0.3, -0.25) is 4.79 Å². The van der Waals surface area contributed by atoms with Crippen molar-refractivity contribution < 1.29 is 19.4 Å². The summed E-state index contributed by atoms with van der Waals surface area (Å²) in [5.74, 6) is 1.34. The highest BCUT2D eigenvalue weighted by Gasteiger charge is 2.04. The second-order valence-corrected chi connectivity index (χ2v) is 5.43.